The number of H-pyrrole nitrogens is 1. The number of nitrogens with one attached hydrogen (secondary N) is 1. The summed E-state index contributed by atoms with van der Waals surface area (Å²) in [6.07, 6.45) is 5.43. The van der Waals surface area contributed by atoms with Gasteiger partial charge in [-0.3, -0.25) is 14.5 Å². The molecule has 6 rings (SSSR count). The van der Waals surface area contributed by atoms with E-state index >= 15 is 0 Å². The molecule has 2 saturated heterocycles. The van der Waals surface area contributed by atoms with Gasteiger partial charge in [0.25, 0.3) is 11.7 Å². The predicted molar refractivity (Wildman–Crippen MR) is 121 cm³/mol. The highest BCUT2D eigenvalue weighted by atomic mass is 19.1. The minimum Gasteiger partial charge on any atom is -0.357 e. The number of pyridine rings is 1. The number of nitrogens with zero attached hydrogens (tertiary/aromatic N) is 6. The summed E-state index contributed by atoms with van der Waals surface area (Å²) in [4.78, 5) is 37.2. The molecule has 2 aliphatic rings. The van der Waals surface area contributed by atoms with Crippen LogP contribution in [0.15, 0.2) is 55.1 Å². The SMILES string of the molecule is O=C(C(=O)N1CC2CN(Cc3ccccc3)CC2C1)c1c[nH]c2c(-n3ccnn3)ncc(F)c12. The van der Waals surface area contributed by atoms with Crippen LogP contribution in [-0.2, 0) is 11.3 Å². The molecule has 2 unspecified atom stereocenters. The summed E-state index contributed by atoms with van der Waals surface area (Å²) in [6.45, 7) is 3.75. The average molecular weight is 459 g/mol. The van der Waals surface area contributed by atoms with E-state index in [-0.39, 0.29) is 16.5 Å². The Hall–Kier alpha value is -3.92. The third-order valence-electron chi connectivity index (χ3n) is 6.82. The smallest absolute Gasteiger partial charge is 0.295 e. The molecule has 1 amide bonds. The van der Waals surface area contributed by atoms with Crippen LogP contribution in [0.3, 0.4) is 0 Å². The van der Waals surface area contributed by atoms with E-state index in [4.69, 9.17) is 0 Å². The summed E-state index contributed by atoms with van der Waals surface area (Å²) in [7, 11) is 0. The molecule has 1 aromatic carbocycles. The molecule has 0 radical (unpaired) electrons. The van der Waals surface area contributed by atoms with Crippen LogP contribution in [0.25, 0.3) is 16.7 Å². The molecule has 2 aliphatic heterocycles. The summed E-state index contributed by atoms with van der Waals surface area (Å²) in [5.74, 6) is -1.02. The van der Waals surface area contributed by atoms with Crippen molar-refractivity contribution in [1.29, 1.82) is 0 Å². The zero-order chi connectivity index (χ0) is 23.2. The lowest BCUT2D eigenvalue weighted by Crippen LogP contribution is -2.37. The van der Waals surface area contributed by atoms with Crippen molar-refractivity contribution in [2.24, 2.45) is 11.8 Å². The van der Waals surface area contributed by atoms with Crippen LogP contribution >= 0.6 is 0 Å². The minimum atomic E-state index is -0.720. The van der Waals surface area contributed by atoms with Gasteiger partial charge in [0, 0.05) is 38.9 Å². The van der Waals surface area contributed by atoms with Gasteiger partial charge in [0.05, 0.1) is 35.1 Å². The van der Waals surface area contributed by atoms with Crippen molar-refractivity contribution in [2.75, 3.05) is 26.2 Å². The summed E-state index contributed by atoms with van der Waals surface area (Å²) in [5.41, 5.74) is 1.56. The van der Waals surface area contributed by atoms with Crippen LogP contribution in [0, 0.1) is 17.7 Å². The van der Waals surface area contributed by atoms with Gasteiger partial charge in [0.1, 0.15) is 0 Å². The highest BCUT2D eigenvalue weighted by Crippen LogP contribution is 2.33. The zero-order valence-corrected chi connectivity index (χ0v) is 18.3. The molecule has 1 N–H and O–H groups in total. The molecule has 4 aromatic rings. The Morgan fingerprint density at radius 3 is 2.56 bits per heavy atom. The standard InChI is InChI=1S/C24H22FN7O2/c25-19-9-27-23(32-7-6-28-29-32)21-20(19)18(8-26-21)22(33)24(34)31-13-16-11-30(12-17(16)14-31)10-15-4-2-1-3-5-15/h1-9,16-17,26H,10-14H2. The van der Waals surface area contributed by atoms with Crippen LogP contribution < -0.4 is 0 Å². The number of rotatable bonds is 5. The average Bonchev–Trinajstić information content (AvgIpc) is 3.62. The van der Waals surface area contributed by atoms with E-state index in [0.717, 1.165) is 25.8 Å². The second-order valence-corrected chi connectivity index (χ2v) is 8.97. The summed E-state index contributed by atoms with van der Waals surface area (Å²) in [6, 6.07) is 10.3. The number of aromatic nitrogens is 5. The maximum absolute atomic E-state index is 14.7. The predicted octanol–water partition coefficient (Wildman–Crippen LogP) is 2.06. The van der Waals surface area contributed by atoms with Gasteiger partial charge in [0.15, 0.2) is 11.6 Å². The van der Waals surface area contributed by atoms with Crippen molar-refractivity contribution in [3.05, 3.63) is 72.1 Å². The fraction of sp³-hybridized carbons (Fsp3) is 0.292. The molecule has 0 aliphatic carbocycles. The van der Waals surface area contributed by atoms with E-state index in [1.54, 1.807) is 11.1 Å². The van der Waals surface area contributed by atoms with E-state index in [1.165, 1.54) is 22.6 Å². The number of benzene rings is 1. The largest absolute Gasteiger partial charge is 0.357 e. The summed E-state index contributed by atoms with van der Waals surface area (Å²) < 4.78 is 16.1. The lowest BCUT2D eigenvalue weighted by atomic mass is 10.0. The third kappa shape index (κ3) is 3.47. The first-order chi connectivity index (χ1) is 16.6. The van der Waals surface area contributed by atoms with E-state index in [0.29, 0.717) is 30.7 Å². The molecule has 3 aromatic heterocycles. The van der Waals surface area contributed by atoms with E-state index in [1.807, 2.05) is 18.2 Å². The molecular formula is C24H22FN7O2. The Morgan fingerprint density at radius 1 is 1.09 bits per heavy atom. The second-order valence-electron chi connectivity index (χ2n) is 8.97. The number of likely N-dealkylation sites (tertiary alicyclic amines) is 2. The van der Waals surface area contributed by atoms with Crippen LogP contribution in [0.1, 0.15) is 15.9 Å². The number of amides is 1. The maximum atomic E-state index is 14.7. The van der Waals surface area contributed by atoms with Crippen LogP contribution in [0.5, 0.6) is 0 Å². The first-order valence-corrected chi connectivity index (χ1v) is 11.2. The van der Waals surface area contributed by atoms with Crippen molar-refractivity contribution >= 4 is 22.6 Å². The monoisotopic (exact) mass is 459 g/mol. The van der Waals surface area contributed by atoms with Gasteiger partial charge in [-0.1, -0.05) is 35.5 Å². The minimum absolute atomic E-state index is 0.00373. The highest BCUT2D eigenvalue weighted by Gasteiger charge is 2.43. The fourth-order valence-corrected chi connectivity index (χ4v) is 5.25. The number of ketones is 1. The van der Waals surface area contributed by atoms with Gasteiger partial charge >= 0.3 is 0 Å². The molecule has 0 bridgehead atoms. The van der Waals surface area contributed by atoms with Gasteiger partial charge in [-0.2, -0.15) is 0 Å². The molecule has 2 atom stereocenters. The van der Waals surface area contributed by atoms with Crippen molar-refractivity contribution in [2.45, 2.75) is 6.54 Å². The molecule has 172 valence electrons. The number of fused-ring (bicyclic) bond motifs is 2. The van der Waals surface area contributed by atoms with Crippen LogP contribution in [-0.4, -0.2) is 72.6 Å². The number of carbonyl (C=O) groups excluding carboxylic acids is 2. The Bertz CT molecular complexity index is 1360. The van der Waals surface area contributed by atoms with E-state index in [2.05, 4.69) is 37.3 Å². The molecule has 34 heavy (non-hydrogen) atoms. The number of aromatic amines is 1. The van der Waals surface area contributed by atoms with Gasteiger partial charge in [-0.05, 0) is 17.4 Å². The van der Waals surface area contributed by atoms with Gasteiger partial charge in [0.2, 0.25) is 0 Å². The lowest BCUT2D eigenvalue weighted by Gasteiger charge is -2.21. The molecular weight excluding hydrogens is 437 g/mol. The van der Waals surface area contributed by atoms with E-state index in [9.17, 15) is 14.0 Å². The number of hydrogen-bond donors (Lipinski definition) is 1. The second kappa shape index (κ2) is 8.14. The van der Waals surface area contributed by atoms with Crippen molar-refractivity contribution in [3.8, 4) is 5.82 Å². The molecule has 9 nitrogen and oxygen atoms in total. The zero-order valence-electron chi connectivity index (χ0n) is 18.3. The Labute approximate surface area is 194 Å². The van der Waals surface area contributed by atoms with Crippen LogP contribution in [0.4, 0.5) is 4.39 Å². The molecule has 0 saturated carbocycles. The van der Waals surface area contributed by atoms with Crippen molar-refractivity contribution in [1.82, 2.24) is 34.8 Å². The molecule has 0 spiro atoms. The fourth-order valence-electron chi connectivity index (χ4n) is 5.25. The number of hydrogen-bond acceptors (Lipinski definition) is 6. The lowest BCUT2D eigenvalue weighted by molar-refractivity contribution is -0.125. The number of halogens is 1. The van der Waals surface area contributed by atoms with Gasteiger partial charge < -0.3 is 9.88 Å². The van der Waals surface area contributed by atoms with E-state index < -0.39 is 17.5 Å². The first kappa shape index (κ1) is 20.7. The Morgan fingerprint density at radius 2 is 1.85 bits per heavy atom. The topological polar surface area (TPSA) is 100 Å². The van der Waals surface area contributed by atoms with Gasteiger partial charge in [-0.15, -0.1) is 5.10 Å². The highest BCUT2D eigenvalue weighted by molar-refractivity contribution is 6.45. The summed E-state index contributed by atoms with van der Waals surface area (Å²) >= 11 is 0. The third-order valence-corrected chi connectivity index (χ3v) is 6.82. The number of carbonyl (C=O) groups is 2. The molecule has 5 heterocycles. The quantitative estimate of drug-likeness (QED) is 0.362. The normalized spacial score (nSPS) is 20.2. The summed E-state index contributed by atoms with van der Waals surface area (Å²) in [5, 5.41) is 7.66. The Kier molecular flexibility index (Phi) is 4.95. The van der Waals surface area contributed by atoms with Crippen molar-refractivity contribution in [3.63, 3.8) is 0 Å². The molecule has 2 fully saturated rings. The first-order valence-electron chi connectivity index (χ1n) is 11.2. The van der Waals surface area contributed by atoms with Crippen molar-refractivity contribution < 1.29 is 14.0 Å². The Balaban J connectivity index is 1.18. The number of Topliss-reactive ketones (excluding diaryl/α,β-unsaturated/α-hetero) is 1. The maximum Gasteiger partial charge on any atom is 0.295 e. The van der Waals surface area contributed by atoms with Gasteiger partial charge in [-0.25, -0.2) is 14.1 Å². The van der Waals surface area contributed by atoms with Crippen LogP contribution in [0.2, 0.25) is 0 Å². The molecule has 10 heteroatoms.